The van der Waals surface area contributed by atoms with Crippen LogP contribution >= 0.6 is 0 Å². The lowest BCUT2D eigenvalue weighted by molar-refractivity contribution is 0.539. The molecule has 0 spiro atoms. The predicted molar refractivity (Wildman–Crippen MR) is 18.1 cm³/mol. The van der Waals surface area contributed by atoms with Crippen molar-refractivity contribution in [2.75, 3.05) is 0 Å². The van der Waals surface area contributed by atoms with Gasteiger partial charge in [-0.05, 0) is 0 Å². The first-order chi connectivity index (χ1) is 1.73. The van der Waals surface area contributed by atoms with Gasteiger partial charge in [0.2, 0.25) is 0 Å². The third kappa shape index (κ3) is 18500. The fourth-order valence-corrected chi connectivity index (χ4v) is 0. The molecule has 1 atom stereocenters. The molecular formula is H5N2O2S-. The molecule has 0 fully saturated rings. The molecule has 4 nitrogen and oxygen atoms in total. The highest BCUT2D eigenvalue weighted by molar-refractivity contribution is 7.76. The third-order valence-corrected chi connectivity index (χ3v) is 0. The van der Waals surface area contributed by atoms with Crippen molar-refractivity contribution in [1.29, 1.82) is 0 Å². The van der Waals surface area contributed by atoms with Crippen LogP contribution in [0.2, 0.25) is 0 Å². The molecule has 5 N–H and O–H groups in total. The van der Waals surface area contributed by atoms with Gasteiger partial charge in [0, 0.05) is 11.3 Å². The van der Waals surface area contributed by atoms with Crippen LogP contribution in [0.5, 0.6) is 0 Å². The highest BCUT2D eigenvalue weighted by atomic mass is 32.2. The number of rotatable bonds is 0. The van der Waals surface area contributed by atoms with E-state index in [0.717, 1.165) is 0 Å². The average Bonchev–Trinajstić information content (AvgIpc) is 0.811. The minimum Gasteiger partial charge on any atom is -0.760 e. The zero-order chi connectivity index (χ0) is 3.58. The summed E-state index contributed by atoms with van der Waals surface area (Å²) >= 11 is -2.36. The first-order valence-electron chi connectivity index (χ1n) is 0.569. The van der Waals surface area contributed by atoms with E-state index in [0.29, 0.717) is 0 Å². The second-order valence-electron chi connectivity index (χ2n) is 0.260. The van der Waals surface area contributed by atoms with Crippen LogP contribution in [0, 0.1) is 0 Å². The van der Waals surface area contributed by atoms with E-state index in [4.69, 9.17) is 8.76 Å². The molecule has 5 heteroatoms. The molecule has 0 bridgehead atoms. The van der Waals surface area contributed by atoms with E-state index in [9.17, 15) is 0 Å². The van der Waals surface area contributed by atoms with Gasteiger partial charge < -0.3 is 10.7 Å². The van der Waals surface area contributed by atoms with Gasteiger partial charge >= 0.3 is 0 Å². The minimum atomic E-state index is -2.36. The summed E-state index contributed by atoms with van der Waals surface area (Å²) in [5.74, 6) is 0. The molecule has 0 rings (SSSR count). The first-order valence-corrected chi connectivity index (χ1v) is 1.71. The number of hydrogen-bond donors (Lipinski definition) is 2. The Morgan fingerprint density at radius 1 is 1.80 bits per heavy atom. The molecule has 0 aromatic heterocycles. The summed E-state index contributed by atoms with van der Waals surface area (Å²) in [5, 5.41) is 4.03. The van der Waals surface area contributed by atoms with Gasteiger partial charge in [-0.2, -0.15) is 0 Å². The fraction of sp³-hybridized carbons (Fsp3) is 0. The maximum absolute atomic E-state index is 8.78. The zero-order valence-corrected chi connectivity index (χ0v) is 3.33. The average molecular weight is 97.1 g/mol. The van der Waals surface area contributed by atoms with E-state index >= 15 is 0 Å². The predicted octanol–water partition coefficient (Wildman–Crippen LogP) is -1.10. The molecule has 0 aromatic carbocycles. The Morgan fingerprint density at radius 2 is 1.80 bits per heavy atom. The van der Waals surface area contributed by atoms with E-state index in [1.54, 1.807) is 0 Å². The van der Waals surface area contributed by atoms with Crippen LogP contribution in [0.25, 0.3) is 0 Å². The molecule has 0 saturated carbocycles. The Labute approximate surface area is 32.4 Å². The molecule has 0 aromatic rings. The molecule has 0 saturated heterocycles. The topological polar surface area (TPSA) is 101 Å². The van der Waals surface area contributed by atoms with Crippen LogP contribution in [-0.2, 0) is 11.3 Å². The lowest BCUT2D eigenvalue weighted by Gasteiger charge is -1.85. The second-order valence-corrected chi connectivity index (χ2v) is 0.781. The normalized spacial score (nSPS) is 12.4. The first kappa shape index (κ1) is 8.90. The van der Waals surface area contributed by atoms with E-state index in [-0.39, 0.29) is 6.15 Å². The van der Waals surface area contributed by atoms with Crippen molar-refractivity contribution in [2.24, 2.45) is 5.14 Å². The van der Waals surface area contributed by atoms with Gasteiger partial charge in [-0.1, -0.05) is 0 Å². The molecule has 34 valence electrons. The highest BCUT2D eigenvalue weighted by Gasteiger charge is 1.39. The zero-order valence-electron chi connectivity index (χ0n) is 2.51. The largest absolute Gasteiger partial charge is 0.760 e. The van der Waals surface area contributed by atoms with Crippen molar-refractivity contribution in [3.63, 3.8) is 0 Å². The van der Waals surface area contributed by atoms with Crippen molar-refractivity contribution in [1.82, 2.24) is 6.15 Å². The van der Waals surface area contributed by atoms with E-state index in [1.807, 2.05) is 0 Å². The lowest BCUT2D eigenvalue weighted by atomic mass is 13.9. The van der Waals surface area contributed by atoms with E-state index in [1.165, 1.54) is 0 Å². The van der Waals surface area contributed by atoms with Crippen LogP contribution in [0.1, 0.15) is 0 Å². The SMILES string of the molecule is N.NS(=O)[O-]. The summed E-state index contributed by atoms with van der Waals surface area (Å²) in [6, 6.07) is 0. The number of hydrogen-bond acceptors (Lipinski definition) is 3. The van der Waals surface area contributed by atoms with Gasteiger partial charge in [-0.15, -0.1) is 0 Å². The van der Waals surface area contributed by atoms with Crippen molar-refractivity contribution >= 4 is 11.3 Å². The summed E-state index contributed by atoms with van der Waals surface area (Å²) < 4.78 is 17.6. The summed E-state index contributed by atoms with van der Waals surface area (Å²) in [6.07, 6.45) is 0. The van der Waals surface area contributed by atoms with Crippen molar-refractivity contribution in [3.8, 4) is 0 Å². The Balaban J connectivity index is 0. The molecule has 0 aliphatic rings. The molecule has 5 heavy (non-hydrogen) atoms. The van der Waals surface area contributed by atoms with Crippen LogP contribution in [0.15, 0.2) is 0 Å². The maximum Gasteiger partial charge on any atom is 0.0152 e. The minimum absolute atomic E-state index is 0. The molecule has 0 aliphatic carbocycles. The van der Waals surface area contributed by atoms with Crippen molar-refractivity contribution in [2.45, 2.75) is 0 Å². The fourth-order valence-electron chi connectivity index (χ4n) is 0. The van der Waals surface area contributed by atoms with E-state index in [2.05, 4.69) is 5.14 Å². The third-order valence-electron chi connectivity index (χ3n) is 0. The van der Waals surface area contributed by atoms with Gasteiger partial charge in [0.05, 0.1) is 0 Å². The molecule has 0 radical (unpaired) electrons. The van der Waals surface area contributed by atoms with Crippen LogP contribution < -0.4 is 11.3 Å². The second kappa shape index (κ2) is 4.03. The molecular weight excluding hydrogens is 92.1 g/mol. The van der Waals surface area contributed by atoms with Crippen LogP contribution in [0.3, 0.4) is 0 Å². The van der Waals surface area contributed by atoms with Crippen molar-refractivity contribution < 1.29 is 8.76 Å². The van der Waals surface area contributed by atoms with Gasteiger partial charge in [0.15, 0.2) is 0 Å². The summed E-state index contributed by atoms with van der Waals surface area (Å²) in [5.41, 5.74) is 0. The van der Waals surface area contributed by atoms with E-state index < -0.39 is 11.3 Å². The Bertz CT molecular complexity index is 30.6. The van der Waals surface area contributed by atoms with Crippen LogP contribution in [-0.4, -0.2) is 8.76 Å². The Morgan fingerprint density at radius 3 is 1.80 bits per heavy atom. The molecule has 0 amide bonds. The monoisotopic (exact) mass is 97.0 g/mol. The molecule has 0 heterocycles. The van der Waals surface area contributed by atoms with Gasteiger partial charge in [-0.3, -0.25) is 9.35 Å². The highest BCUT2D eigenvalue weighted by Crippen LogP contribution is 1.33. The molecule has 1 unspecified atom stereocenters. The Hall–Kier alpha value is 0.0300. The summed E-state index contributed by atoms with van der Waals surface area (Å²) in [6.45, 7) is 0. The Kier molecular flexibility index (Phi) is 7.17. The van der Waals surface area contributed by atoms with Crippen LogP contribution in [0.4, 0.5) is 0 Å². The quantitative estimate of drug-likeness (QED) is 0.375. The smallest absolute Gasteiger partial charge is 0.0152 e. The molecule has 0 aliphatic heterocycles. The lowest BCUT2D eigenvalue weighted by Crippen LogP contribution is -1.97. The van der Waals surface area contributed by atoms with Gasteiger partial charge in [0.1, 0.15) is 0 Å². The maximum atomic E-state index is 8.78. The summed E-state index contributed by atoms with van der Waals surface area (Å²) in [7, 11) is 0. The number of nitrogens with two attached hydrogens (primary N) is 1. The van der Waals surface area contributed by atoms with Crippen molar-refractivity contribution in [3.05, 3.63) is 0 Å². The standard InChI is InChI=1S/H3NO2S.H3N/c1-4(2)3;/h1H2,(H,2,3);1H3/p-1. The van der Waals surface area contributed by atoms with Gasteiger partial charge in [-0.25, -0.2) is 0 Å². The summed E-state index contributed by atoms with van der Waals surface area (Å²) in [4.78, 5) is 0. The van der Waals surface area contributed by atoms with Gasteiger partial charge in [0.25, 0.3) is 0 Å².